The van der Waals surface area contributed by atoms with Crippen LogP contribution in [0.15, 0.2) is 48.5 Å². The lowest BCUT2D eigenvalue weighted by molar-refractivity contribution is -0.126. The molecule has 0 spiro atoms. The van der Waals surface area contributed by atoms with Crippen molar-refractivity contribution < 1.29 is 17.9 Å². The highest BCUT2D eigenvalue weighted by Gasteiger charge is 2.31. The molecule has 0 saturated carbocycles. The van der Waals surface area contributed by atoms with Crippen LogP contribution in [0.25, 0.3) is 0 Å². The molecule has 1 amide bonds. The Balaban J connectivity index is 1.41. The molecule has 0 aromatic heterocycles. The van der Waals surface area contributed by atoms with Gasteiger partial charge in [0, 0.05) is 29.1 Å². The van der Waals surface area contributed by atoms with Gasteiger partial charge >= 0.3 is 0 Å². The van der Waals surface area contributed by atoms with Crippen LogP contribution in [0, 0.1) is 5.92 Å². The lowest BCUT2D eigenvalue weighted by atomic mass is 9.97. The largest absolute Gasteiger partial charge is 0.492 e. The molecule has 162 valence electrons. The number of benzene rings is 2. The number of hydrogen-bond donors (Lipinski definition) is 1. The third-order valence-electron chi connectivity index (χ3n) is 5.00. The minimum atomic E-state index is -3.47. The molecule has 0 radical (unpaired) electrons. The molecule has 9 heteroatoms. The van der Waals surface area contributed by atoms with E-state index in [1.165, 1.54) is 4.31 Å². The number of nitrogens with one attached hydrogen (secondary N) is 1. The van der Waals surface area contributed by atoms with E-state index in [-0.39, 0.29) is 17.6 Å². The number of nitrogens with zero attached hydrogens (tertiary/aromatic N) is 1. The predicted octanol–water partition coefficient (Wildman–Crippen LogP) is 3.73. The van der Waals surface area contributed by atoms with E-state index in [1.807, 2.05) is 0 Å². The van der Waals surface area contributed by atoms with Crippen molar-refractivity contribution in [2.75, 3.05) is 26.2 Å². The van der Waals surface area contributed by atoms with Crippen molar-refractivity contribution in [2.45, 2.75) is 18.6 Å². The van der Waals surface area contributed by atoms with Crippen molar-refractivity contribution in [1.82, 2.24) is 9.62 Å². The van der Waals surface area contributed by atoms with E-state index < -0.39 is 10.0 Å². The van der Waals surface area contributed by atoms with Gasteiger partial charge in [0.15, 0.2) is 0 Å². The van der Waals surface area contributed by atoms with E-state index in [9.17, 15) is 13.2 Å². The van der Waals surface area contributed by atoms with Crippen molar-refractivity contribution in [1.29, 1.82) is 0 Å². The number of rotatable bonds is 8. The zero-order chi connectivity index (χ0) is 21.6. The molecule has 6 nitrogen and oxygen atoms in total. The average molecular weight is 471 g/mol. The van der Waals surface area contributed by atoms with Gasteiger partial charge in [-0.25, -0.2) is 12.7 Å². The topological polar surface area (TPSA) is 75.7 Å². The number of sulfonamides is 1. The molecule has 1 aliphatic rings. The van der Waals surface area contributed by atoms with Gasteiger partial charge < -0.3 is 10.1 Å². The van der Waals surface area contributed by atoms with Gasteiger partial charge in [0.25, 0.3) is 0 Å². The summed E-state index contributed by atoms with van der Waals surface area (Å²) < 4.78 is 32.4. The van der Waals surface area contributed by atoms with Gasteiger partial charge in [0.1, 0.15) is 12.4 Å². The monoisotopic (exact) mass is 470 g/mol. The summed E-state index contributed by atoms with van der Waals surface area (Å²) >= 11 is 11.9. The second-order valence-electron chi connectivity index (χ2n) is 7.11. The van der Waals surface area contributed by atoms with Crippen LogP contribution in [0.5, 0.6) is 5.75 Å². The van der Waals surface area contributed by atoms with E-state index in [4.69, 9.17) is 27.9 Å². The molecule has 30 heavy (non-hydrogen) atoms. The quantitative estimate of drug-likeness (QED) is 0.596. The minimum absolute atomic E-state index is 0.0714. The first-order chi connectivity index (χ1) is 14.3. The zero-order valence-electron chi connectivity index (χ0n) is 16.4. The standard InChI is InChI=1S/C21H24Cl2N2O4S/c22-18-5-7-19(8-6-18)29-14-11-24-21(26)16-9-12-25(13-10-16)30(27,28)15-17-3-1-2-4-20(17)23/h1-8,16H,9-15H2,(H,24,26). The van der Waals surface area contributed by atoms with Crippen LogP contribution >= 0.6 is 23.2 Å². The van der Waals surface area contributed by atoms with Crippen molar-refractivity contribution in [3.63, 3.8) is 0 Å². The molecule has 1 fully saturated rings. The molecule has 0 unspecified atom stereocenters. The van der Waals surface area contributed by atoms with E-state index in [1.54, 1.807) is 48.5 Å². The van der Waals surface area contributed by atoms with Crippen LogP contribution in [0.1, 0.15) is 18.4 Å². The van der Waals surface area contributed by atoms with Crippen LogP contribution < -0.4 is 10.1 Å². The van der Waals surface area contributed by atoms with Crippen LogP contribution in [0.4, 0.5) is 0 Å². The molecule has 0 bridgehead atoms. The van der Waals surface area contributed by atoms with Gasteiger partial charge in [-0.3, -0.25) is 4.79 Å². The number of halogens is 2. The Morgan fingerprint density at radius 3 is 2.40 bits per heavy atom. The van der Waals surface area contributed by atoms with Gasteiger partial charge in [-0.05, 0) is 48.7 Å². The van der Waals surface area contributed by atoms with Crippen LogP contribution in [0.3, 0.4) is 0 Å². The summed E-state index contributed by atoms with van der Waals surface area (Å²) in [6.45, 7) is 1.38. The van der Waals surface area contributed by atoms with Gasteiger partial charge in [0.2, 0.25) is 15.9 Å². The van der Waals surface area contributed by atoms with Crippen LogP contribution in [0.2, 0.25) is 10.0 Å². The molecule has 3 rings (SSSR count). The second kappa shape index (κ2) is 10.5. The summed E-state index contributed by atoms with van der Waals surface area (Å²) in [5, 5.41) is 3.94. The molecule has 1 aliphatic heterocycles. The molecule has 1 heterocycles. The molecule has 2 aromatic rings. The highest BCUT2D eigenvalue weighted by atomic mass is 35.5. The summed E-state index contributed by atoms with van der Waals surface area (Å²) in [5.41, 5.74) is 0.583. The third-order valence-corrected chi connectivity index (χ3v) is 7.45. The number of carbonyl (C=O) groups is 1. The molecule has 1 N–H and O–H groups in total. The van der Waals surface area contributed by atoms with Gasteiger partial charge in [-0.15, -0.1) is 0 Å². The highest BCUT2D eigenvalue weighted by Crippen LogP contribution is 2.24. The molecule has 2 aromatic carbocycles. The SMILES string of the molecule is O=C(NCCOc1ccc(Cl)cc1)C1CCN(S(=O)(=O)Cc2ccccc2Cl)CC1. The lowest BCUT2D eigenvalue weighted by Crippen LogP contribution is -2.43. The summed E-state index contributed by atoms with van der Waals surface area (Å²) in [7, 11) is -3.47. The fourth-order valence-electron chi connectivity index (χ4n) is 3.32. The molecule has 0 aliphatic carbocycles. The average Bonchev–Trinajstić information content (AvgIpc) is 2.74. The summed E-state index contributed by atoms with van der Waals surface area (Å²) in [6, 6.07) is 13.9. The summed E-state index contributed by atoms with van der Waals surface area (Å²) in [5.74, 6) is 0.279. The Labute approximate surface area is 187 Å². The van der Waals surface area contributed by atoms with E-state index in [0.717, 1.165) is 0 Å². The number of hydrogen-bond acceptors (Lipinski definition) is 4. The number of ether oxygens (including phenoxy) is 1. The predicted molar refractivity (Wildman–Crippen MR) is 118 cm³/mol. The van der Waals surface area contributed by atoms with Gasteiger partial charge in [0.05, 0.1) is 12.3 Å². The Kier molecular flexibility index (Phi) is 7.99. The first kappa shape index (κ1) is 22.9. The molecule has 1 saturated heterocycles. The second-order valence-corrected chi connectivity index (χ2v) is 9.93. The van der Waals surface area contributed by atoms with Crippen molar-refractivity contribution in [3.8, 4) is 5.75 Å². The molecular weight excluding hydrogens is 447 g/mol. The normalized spacial score (nSPS) is 15.7. The fourth-order valence-corrected chi connectivity index (χ4v) is 5.32. The van der Waals surface area contributed by atoms with Gasteiger partial charge in [-0.2, -0.15) is 0 Å². The number of carbonyl (C=O) groups excluding carboxylic acids is 1. The maximum atomic E-state index is 12.7. The van der Waals surface area contributed by atoms with Crippen LogP contribution in [-0.4, -0.2) is 44.9 Å². The van der Waals surface area contributed by atoms with Gasteiger partial charge in [-0.1, -0.05) is 41.4 Å². The molecule has 0 atom stereocenters. The van der Waals surface area contributed by atoms with E-state index in [2.05, 4.69) is 5.32 Å². The third kappa shape index (κ3) is 6.35. The Morgan fingerprint density at radius 2 is 1.73 bits per heavy atom. The van der Waals surface area contributed by atoms with Crippen molar-refractivity contribution in [2.24, 2.45) is 5.92 Å². The highest BCUT2D eigenvalue weighted by molar-refractivity contribution is 7.88. The smallest absolute Gasteiger partial charge is 0.223 e. The van der Waals surface area contributed by atoms with Crippen molar-refractivity contribution in [3.05, 3.63) is 64.1 Å². The Hall–Kier alpha value is -1.80. The minimum Gasteiger partial charge on any atom is -0.492 e. The van der Waals surface area contributed by atoms with E-state index in [0.29, 0.717) is 60.4 Å². The summed E-state index contributed by atoms with van der Waals surface area (Å²) in [4.78, 5) is 12.4. The van der Waals surface area contributed by atoms with Crippen LogP contribution in [-0.2, 0) is 20.6 Å². The molecular formula is C21H24Cl2N2O4S. The Morgan fingerprint density at radius 1 is 1.07 bits per heavy atom. The number of piperidine rings is 1. The zero-order valence-corrected chi connectivity index (χ0v) is 18.7. The Bertz CT molecular complexity index is 959. The first-order valence-electron chi connectivity index (χ1n) is 9.72. The summed E-state index contributed by atoms with van der Waals surface area (Å²) in [6.07, 6.45) is 0.983. The van der Waals surface area contributed by atoms with E-state index >= 15 is 0 Å². The lowest BCUT2D eigenvalue weighted by Gasteiger charge is -2.30. The maximum absolute atomic E-state index is 12.7. The first-order valence-corrected chi connectivity index (χ1v) is 12.1. The fraction of sp³-hybridized carbons (Fsp3) is 0.381. The number of amides is 1. The maximum Gasteiger partial charge on any atom is 0.223 e. The van der Waals surface area contributed by atoms with Crippen molar-refractivity contribution >= 4 is 39.1 Å².